The van der Waals surface area contributed by atoms with E-state index in [1.165, 1.54) is 30.1 Å². The van der Waals surface area contributed by atoms with Crippen molar-refractivity contribution in [3.05, 3.63) is 29.6 Å². The predicted molar refractivity (Wildman–Crippen MR) is 58.4 cm³/mol. The topological polar surface area (TPSA) is 94.3 Å². The van der Waals surface area contributed by atoms with E-state index in [2.05, 4.69) is 4.98 Å². The summed E-state index contributed by atoms with van der Waals surface area (Å²) in [6.45, 7) is 0.286. The molecule has 0 bridgehead atoms. The maximum absolute atomic E-state index is 11.8. The number of nitriles is 1. The van der Waals surface area contributed by atoms with E-state index in [0.29, 0.717) is 0 Å². The van der Waals surface area contributed by atoms with Crippen LogP contribution < -0.4 is 0 Å². The summed E-state index contributed by atoms with van der Waals surface area (Å²) in [5.74, 6) is -1.58. The van der Waals surface area contributed by atoms with Crippen LogP contribution in [-0.4, -0.2) is 40.5 Å². The van der Waals surface area contributed by atoms with Gasteiger partial charge in [-0.3, -0.25) is 4.79 Å². The summed E-state index contributed by atoms with van der Waals surface area (Å²) in [6.07, 6.45) is 0.223. The van der Waals surface area contributed by atoms with Gasteiger partial charge in [0, 0.05) is 13.6 Å². The van der Waals surface area contributed by atoms with E-state index in [9.17, 15) is 9.59 Å². The van der Waals surface area contributed by atoms with Crippen molar-refractivity contribution in [3.8, 4) is 6.07 Å². The normalized spacial score (nSPS) is 9.41. The number of hydrogen-bond acceptors (Lipinski definition) is 4. The van der Waals surface area contributed by atoms with Crippen LogP contribution in [0.1, 0.15) is 27.4 Å². The predicted octanol–water partition coefficient (Wildman–Crippen LogP) is 0.765. The minimum absolute atomic E-state index is 0.0605. The highest BCUT2D eigenvalue weighted by Gasteiger charge is 2.14. The molecule has 88 valence electrons. The number of carbonyl (C=O) groups is 2. The molecule has 0 saturated heterocycles. The summed E-state index contributed by atoms with van der Waals surface area (Å²) >= 11 is 0. The average molecular weight is 233 g/mol. The van der Waals surface area contributed by atoms with E-state index in [4.69, 9.17) is 10.4 Å². The van der Waals surface area contributed by atoms with Crippen LogP contribution in [0.3, 0.4) is 0 Å². The Morgan fingerprint density at radius 1 is 1.47 bits per heavy atom. The van der Waals surface area contributed by atoms with Gasteiger partial charge in [-0.2, -0.15) is 5.26 Å². The quantitative estimate of drug-likeness (QED) is 0.828. The van der Waals surface area contributed by atoms with Crippen molar-refractivity contribution in [3.63, 3.8) is 0 Å². The summed E-state index contributed by atoms with van der Waals surface area (Å²) in [4.78, 5) is 27.5. The lowest BCUT2D eigenvalue weighted by molar-refractivity contribution is 0.0690. The Labute approximate surface area is 98.1 Å². The third kappa shape index (κ3) is 3.28. The summed E-state index contributed by atoms with van der Waals surface area (Å²) in [6, 6.07) is 6.14. The van der Waals surface area contributed by atoms with E-state index in [1.807, 2.05) is 6.07 Å². The Hall–Kier alpha value is -2.42. The van der Waals surface area contributed by atoms with Crippen LogP contribution in [0.25, 0.3) is 0 Å². The number of aromatic nitrogens is 1. The lowest BCUT2D eigenvalue weighted by atomic mass is 10.2. The number of aromatic carboxylic acids is 1. The van der Waals surface area contributed by atoms with Gasteiger partial charge < -0.3 is 10.0 Å². The maximum Gasteiger partial charge on any atom is 0.354 e. The molecular weight excluding hydrogens is 222 g/mol. The number of hydrogen-bond donors (Lipinski definition) is 1. The third-order valence-electron chi connectivity index (χ3n) is 2.09. The van der Waals surface area contributed by atoms with Crippen molar-refractivity contribution in [2.24, 2.45) is 0 Å². The Morgan fingerprint density at radius 2 is 2.12 bits per heavy atom. The first-order chi connectivity index (χ1) is 8.06. The van der Waals surface area contributed by atoms with Crippen molar-refractivity contribution in [2.45, 2.75) is 6.42 Å². The fraction of sp³-hybridized carbons (Fsp3) is 0.273. The van der Waals surface area contributed by atoms with Gasteiger partial charge in [0.2, 0.25) is 0 Å². The van der Waals surface area contributed by atoms with E-state index in [1.54, 1.807) is 0 Å². The van der Waals surface area contributed by atoms with Crippen molar-refractivity contribution in [1.29, 1.82) is 5.26 Å². The molecule has 0 saturated carbocycles. The number of carbonyl (C=O) groups excluding carboxylic acids is 1. The molecule has 1 aromatic heterocycles. The number of carboxylic acid groups (broad SMARTS) is 1. The fourth-order valence-corrected chi connectivity index (χ4v) is 1.19. The minimum Gasteiger partial charge on any atom is -0.477 e. The standard InChI is InChI=1S/C11H11N3O3/c1-14(7-3-6-12)10(15)8-4-2-5-9(13-8)11(16)17/h2,4-5H,3,7H2,1H3,(H,16,17). The molecule has 1 N–H and O–H groups in total. The average Bonchev–Trinajstić information content (AvgIpc) is 2.35. The van der Waals surface area contributed by atoms with Crippen molar-refractivity contribution >= 4 is 11.9 Å². The molecule has 0 aliphatic heterocycles. The molecule has 0 aromatic carbocycles. The van der Waals surface area contributed by atoms with Gasteiger partial charge in [0.15, 0.2) is 0 Å². The van der Waals surface area contributed by atoms with Gasteiger partial charge in [0.1, 0.15) is 11.4 Å². The van der Waals surface area contributed by atoms with Gasteiger partial charge in [-0.25, -0.2) is 9.78 Å². The van der Waals surface area contributed by atoms with Gasteiger partial charge in [0.05, 0.1) is 12.5 Å². The zero-order chi connectivity index (χ0) is 12.8. The third-order valence-corrected chi connectivity index (χ3v) is 2.09. The van der Waals surface area contributed by atoms with Gasteiger partial charge in [-0.15, -0.1) is 0 Å². The number of pyridine rings is 1. The largest absolute Gasteiger partial charge is 0.477 e. The van der Waals surface area contributed by atoms with Crippen molar-refractivity contribution < 1.29 is 14.7 Å². The molecule has 1 amide bonds. The first-order valence-electron chi connectivity index (χ1n) is 4.89. The highest BCUT2D eigenvalue weighted by molar-refractivity contribution is 5.94. The minimum atomic E-state index is -1.18. The molecule has 1 heterocycles. The molecule has 0 atom stereocenters. The molecule has 0 aliphatic carbocycles. The second-order valence-corrected chi connectivity index (χ2v) is 3.35. The van der Waals surface area contributed by atoms with Crippen molar-refractivity contribution in [2.75, 3.05) is 13.6 Å². The van der Waals surface area contributed by atoms with E-state index in [0.717, 1.165) is 0 Å². The van der Waals surface area contributed by atoms with Crippen LogP contribution >= 0.6 is 0 Å². The Bertz CT molecular complexity index is 479. The zero-order valence-corrected chi connectivity index (χ0v) is 9.25. The van der Waals surface area contributed by atoms with Gasteiger partial charge in [-0.1, -0.05) is 6.07 Å². The molecule has 1 aromatic rings. The van der Waals surface area contributed by atoms with Crippen LogP contribution in [0.5, 0.6) is 0 Å². The first-order valence-corrected chi connectivity index (χ1v) is 4.89. The molecule has 0 radical (unpaired) electrons. The number of amides is 1. The Balaban J connectivity index is 2.85. The van der Waals surface area contributed by atoms with Crippen molar-refractivity contribution in [1.82, 2.24) is 9.88 Å². The van der Waals surface area contributed by atoms with Crippen LogP contribution in [0.15, 0.2) is 18.2 Å². The highest BCUT2D eigenvalue weighted by atomic mass is 16.4. The number of rotatable bonds is 4. The highest BCUT2D eigenvalue weighted by Crippen LogP contribution is 2.03. The Morgan fingerprint density at radius 3 is 2.71 bits per heavy atom. The zero-order valence-electron chi connectivity index (χ0n) is 9.25. The molecule has 6 heteroatoms. The van der Waals surface area contributed by atoms with Gasteiger partial charge in [0.25, 0.3) is 5.91 Å². The Kier molecular flexibility index (Phi) is 4.17. The second kappa shape index (κ2) is 5.61. The maximum atomic E-state index is 11.8. The molecule has 0 spiro atoms. The first kappa shape index (κ1) is 12.6. The molecule has 0 aliphatic rings. The van der Waals surface area contributed by atoms with E-state index < -0.39 is 11.9 Å². The van der Waals surface area contributed by atoms with Crippen LogP contribution in [0.2, 0.25) is 0 Å². The lowest BCUT2D eigenvalue weighted by Crippen LogP contribution is -2.28. The molecular formula is C11H11N3O3. The van der Waals surface area contributed by atoms with E-state index >= 15 is 0 Å². The number of nitrogens with zero attached hydrogens (tertiary/aromatic N) is 3. The smallest absolute Gasteiger partial charge is 0.354 e. The number of carboxylic acids is 1. The monoisotopic (exact) mass is 233 g/mol. The summed E-state index contributed by atoms with van der Waals surface area (Å²) < 4.78 is 0. The lowest BCUT2D eigenvalue weighted by Gasteiger charge is -2.14. The molecule has 0 unspecified atom stereocenters. The summed E-state index contributed by atoms with van der Waals surface area (Å²) in [5, 5.41) is 17.1. The van der Waals surface area contributed by atoms with Crippen LogP contribution in [0.4, 0.5) is 0 Å². The fourth-order valence-electron chi connectivity index (χ4n) is 1.19. The molecule has 17 heavy (non-hydrogen) atoms. The molecule has 1 rings (SSSR count). The summed E-state index contributed by atoms with van der Waals surface area (Å²) in [5.41, 5.74) is -0.116. The van der Waals surface area contributed by atoms with Crippen LogP contribution in [0, 0.1) is 11.3 Å². The second-order valence-electron chi connectivity index (χ2n) is 3.35. The van der Waals surface area contributed by atoms with Gasteiger partial charge in [-0.05, 0) is 12.1 Å². The molecule has 6 nitrogen and oxygen atoms in total. The van der Waals surface area contributed by atoms with Crippen LogP contribution in [-0.2, 0) is 0 Å². The van der Waals surface area contributed by atoms with Gasteiger partial charge >= 0.3 is 5.97 Å². The summed E-state index contributed by atoms with van der Waals surface area (Å²) in [7, 11) is 1.54. The molecule has 0 fully saturated rings. The van der Waals surface area contributed by atoms with E-state index in [-0.39, 0.29) is 24.4 Å². The SMILES string of the molecule is CN(CCC#N)C(=O)c1cccc(C(=O)O)n1.